The molecule has 0 saturated heterocycles. The number of amides is 2. The van der Waals surface area contributed by atoms with Gasteiger partial charge in [0.2, 0.25) is 11.8 Å². The molecule has 3 rings (SSSR count). The Morgan fingerprint density at radius 3 is 2.82 bits per heavy atom. The van der Waals surface area contributed by atoms with Crippen LogP contribution in [0.25, 0.3) is 0 Å². The van der Waals surface area contributed by atoms with Gasteiger partial charge in [0.25, 0.3) is 0 Å². The minimum Gasteiger partial charge on any atom is -0.335 e. The molecule has 0 saturated carbocycles. The topological polar surface area (TPSA) is 67.2 Å². The fourth-order valence-corrected chi connectivity index (χ4v) is 3.36. The van der Waals surface area contributed by atoms with E-state index in [0.29, 0.717) is 32.4 Å². The summed E-state index contributed by atoms with van der Waals surface area (Å²) in [7, 11) is 0. The zero-order valence-corrected chi connectivity index (χ0v) is 15.4. The molecule has 1 aromatic heterocycles. The highest BCUT2D eigenvalue weighted by molar-refractivity contribution is 5.95. The predicted octanol–water partition coefficient (Wildman–Crippen LogP) is 2.74. The van der Waals surface area contributed by atoms with E-state index in [1.165, 1.54) is 4.90 Å². The van der Waals surface area contributed by atoms with Crippen LogP contribution >= 0.6 is 0 Å². The first kappa shape index (κ1) is 19.9. The zero-order valence-electron chi connectivity index (χ0n) is 15.4. The van der Waals surface area contributed by atoms with E-state index >= 15 is 0 Å². The summed E-state index contributed by atoms with van der Waals surface area (Å²) in [6.45, 7) is 2.63. The molecule has 0 aliphatic carbocycles. The van der Waals surface area contributed by atoms with E-state index in [1.807, 2.05) is 11.5 Å². The molecule has 1 atom stereocenters. The molecular formula is C19H21F3N4O2. The monoisotopic (exact) mass is 394 g/mol. The van der Waals surface area contributed by atoms with E-state index in [1.54, 1.807) is 12.5 Å². The second-order valence-electron chi connectivity index (χ2n) is 6.80. The van der Waals surface area contributed by atoms with Crippen LogP contribution in [0, 0.1) is 23.4 Å². The first-order chi connectivity index (χ1) is 13.4. The molecule has 0 unspecified atom stereocenters. The van der Waals surface area contributed by atoms with Crippen LogP contribution in [-0.4, -0.2) is 39.4 Å². The molecular weight excluding hydrogens is 373 g/mol. The number of carbonyl (C=O) groups excluding carboxylic acids is 2. The van der Waals surface area contributed by atoms with Crippen molar-refractivity contribution >= 4 is 17.5 Å². The van der Waals surface area contributed by atoms with Crippen molar-refractivity contribution in [1.82, 2.24) is 14.5 Å². The van der Waals surface area contributed by atoms with Gasteiger partial charge in [0.1, 0.15) is 0 Å². The molecule has 9 heteroatoms. The Morgan fingerprint density at radius 1 is 1.29 bits per heavy atom. The minimum atomic E-state index is -1.65. The lowest BCUT2D eigenvalue weighted by Gasteiger charge is -2.29. The largest absolute Gasteiger partial charge is 0.335 e. The maximum atomic E-state index is 13.7. The van der Waals surface area contributed by atoms with E-state index in [2.05, 4.69) is 10.3 Å². The van der Waals surface area contributed by atoms with Gasteiger partial charge >= 0.3 is 0 Å². The Balaban J connectivity index is 1.66. The average Bonchev–Trinajstić information content (AvgIpc) is 3.15. The quantitative estimate of drug-likeness (QED) is 0.767. The average molecular weight is 394 g/mol. The number of hydrogen-bond donors (Lipinski definition) is 1. The molecule has 1 aliphatic rings. The molecule has 150 valence electrons. The minimum absolute atomic E-state index is 0.157. The van der Waals surface area contributed by atoms with Gasteiger partial charge in [0, 0.05) is 37.3 Å². The van der Waals surface area contributed by atoms with E-state index in [4.69, 9.17) is 0 Å². The number of rotatable bonds is 6. The lowest BCUT2D eigenvalue weighted by Crippen LogP contribution is -2.43. The second kappa shape index (κ2) is 8.45. The molecule has 0 bridgehead atoms. The number of aryl methyl sites for hydroxylation is 1. The Bertz CT molecular complexity index is 884. The summed E-state index contributed by atoms with van der Waals surface area (Å²) in [5.74, 6) is -5.55. The highest BCUT2D eigenvalue weighted by atomic mass is 19.2. The lowest BCUT2D eigenvalue weighted by atomic mass is 9.94. The van der Waals surface area contributed by atoms with Gasteiger partial charge in [-0.1, -0.05) is 6.92 Å². The van der Waals surface area contributed by atoms with Gasteiger partial charge in [0.05, 0.1) is 18.6 Å². The Morgan fingerprint density at radius 2 is 2.07 bits per heavy atom. The number of carbonyl (C=O) groups is 2. The van der Waals surface area contributed by atoms with Gasteiger partial charge in [0.15, 0.2) is 17.5 Å². The van der Waals surface area contributed by atoms with Crippen LogP contribution in [0.5, 0.6) is 0 Å². The van der Waals surface area contributed by atoms with Crippen molar-refractivity contribution in [3.63, 3.8) is 0 Å². The maximum Gasteiger partial charge on any atom is 0.244 e. The first-order valence-corrected chi connectivity index (χ1v) is 9.11. The highest BCUT2D eigenvalue weighted by Crippen LogP contribution is 2.23. The summed E-state index contributed by atoms with van der Waals surface area (Å²) < 4.78 is 42.1. The van der Waals surface area contributed by atoms with Crippen molar-refractivity contribution < 1.29 is 22.8 Å². The fraction of sp³-hybridized carbons (Fsp3) is 0.421. The molecule has 2 heterocycles. The molecule has 6 nitrogen and oxygen atoms in total. The van der Waals surface area contributed by atoms with Gasteiger partial charge in [-0.15, -0.1) is 0 Å². The number of benzene rings is 1. The van der Waals surface area contributed by atoms with Gasteiger partial charge in [-0.3, -0.25) is 9.59 Å². The molecule has 28 heavy (non-hydrogen) atoms. The number of hydrogen-bond acceptors (Lipinski definition) is 3. The van der Waals surface area contributed by atoms with Crippen LogP contribution in [0.1, 0.15) is 25.5 Å². The van der Waals surface area contributed by atoms with Crippen LogP contribution in [0.4, 0.5) is 18.9 Å². The Labute approximate surface area is 160 Å². The van der Waals surface area contributed by atoms with Crippen molar-refractivity contribution in [3.8, 4) is 0 Å². The number of anilines is 1. The molecule has 2 amide bonds. The number of imidazole rings is 1. The van der Waals surface area contributed by atoms with E-state index < -0.39 is 29.0 Å². The van der Waals surface area contributed by atoms with E-state index in [-0.39, 0.29) is 18.4 Å². The molecule has 2 aromatic rings. The number of halogens is 3. The van der Waals surface area contributed by atoms with Crippen molar-refractivity contribution in [2.45, 2.75) is 32.7 Å². The van der Waals surface area contributed by atoms with Crippen molar-refractivity contribution in [2.24, 2.45) is 5.92 Å². The molecule has 0 spiro atoms. The third kappa shape index (κ3) is 4.18. The SMILES string of the molecule is CCCN(CC(=O)Nc1ccc(F)c(F)c1F)C(=O)[C@H]1CCn2cncc2C1. The summed E-state index contributed by atoms with van der Waals surface area (Å²) in [6, 6.07) is 1.67. The normalized spacial score (nSPS) is 15.8. The van der Waals surface area contributed by atoms with E-state index in [9.17, 15) is 22.8 Å². The Hall–Kier alpha value is -2.84. The lowest BCUT2D eigenvalue weighted by molar-refractivity contribution is -0.139. The highest BCUT2D eigenvalue weighted by Gasteiger charge is 2.29. The summed E-state index contributed by atoms with van der Waals surface area (Å²) in [4.78, 5) is 30.7. The standard InChI is InChI=1S/C19H21F3N4O2/c1-2-6-25(19(28)12-5-7-26-11-23-9-13(26)8-12)10-16(27)24-15-4-3-14(20)17(21)18(15)22/h3-4,9,11-12H,2,5-8,10H2,1H3,(H,24,27)/t12-/m0/s1. The Kier molecular flexibility index (Phi) is 6.01. The molecule has 1 aliphatic heterocycles. The van der Waals surface area contributed by atoms with E-state index in [0.717, 1.165) is 17.8 Å². The maximum absolute atomic E-state index is 13.7. The molecule has 1 aromatic carbocycles. The van der Waals surface area contributed by atoms with Crippen LogP contribution in [-0.2, 0) is 22.6 Å². The van der Waals surface area contributed by atoms with Crippen LogP contribution < -0.4 is 5.32 Å². The first-order valence-electron chi connectivity index (χ1n) is 9.11. The molecule has 1 N–H and O–H groups in total. The second-order valence-corrected chi connectivity index (χ2v) is 6.80. The fourth-order valence-electron chi connectivity index (χ4n) is 3.36. The third-order valence-corrected chi connectivity index (χ3v) is 4.77. The smallest absolute Gasteiger partial charge is 0.244 e. The van der Waals surface area contributed by atoms with Gasteiger partial charge in [-0.2, -0.15) is 0 Å². The predicted molar refractivity (Wildman–Crippen MR) is 95.9 cm³/mol. The van der Waals surface area contributed by atoms with Gasteiger partial charge in [-0.25, -0.2) is 18.2 Å². The summed E-state index contributed by atoms with van der Waals surface area (Å²) >= 11 is 0. The number of nitrogens with one attached hydrogen (secondary N) is 1. The number of fused-ring (bicyclic) bond motifs is 1. The third-order valence-electron chi connectivity index (χ3n) is 4.77. The number of nitrogens with zero attached hydrogens (tertiary/aromatic N) is 3. The van der Waals surface area contributed by atoms with Gasteiger partial charge < -0.3 is 14.8 Å². The number of aromatic nitrogens is 2. The molecule has 0 radical (unpaired) electrons. The van der Waals surface area contributed by atoms with Gasteiger partial charge in [-0.05, 0) is 25.0 Å². The zero-order chi connectivity index (χ0) is 20.3. The van der Waals surface area contributed by atoms with Crippen molar-refractivity contribution in [1.29, 1.82) is 0 Å². The van der Waals surface area contributed by atoms with Crippen LogP contribution in [0.2, 0.25) is 0 Å². The van der Waals surface area contributed by atoms with Crippen LogP contribution in [0.15, 0.2) is 24.7 Å². The summed E-state index contributed by atoms with van der Waals surface area (Å²) in [6.07, 6.45) is 5.27. The summed E-state index contributed by atoms with van der Waals surface area (Å²) in [5.41, 5.74) is 0.503. The van der Waals surface area contributed by atoms with Crippen LogP contribution in [0.3, 0.4) is 0 Å². The molecule has 0 fully saturated rings. The van der Waals surface area contributed by atoms with Crippen molar-refractivity contribution in [3.05, 3.63) is 47.8 Å². The summed E-state index contributed by atoms with van der Waals surface area (Å²) in [5, 5.41) is 2.21. The van der Waals surface area contributed by atoms with Crippen molar-refractivity contribution in [2.75, 3.05) is 18.4 Å².